The van der Waals surface area contributed by atoms with E-state index in [2.05, 4.69) is 55.3 Å². The van der Waals surface area contributed by atoms with Gasteiger partial charge in [-0.2, -0.15) is 0 Å². The van der Waals surface area contributed by atoms with E-state index in [9.17, 15) is 0 Å². The van der Waals surface area contributed by atoms with Gasteiger partial charge in [0, 0.05) is 0 Å². The van der Waals surface area contributed by atoms with Crippen molar-refractivity contribution in [1.29, 1.82) is 0 Å². The molecule has 3 heterocycles. The van der Waals surface area contributed by atoms with Gasteiger partial charge in [0.2, 0.25) is 0 Å². The molecule has 0 saturated heterocycles. The Morgan fingerprint density at radius 2 is 1.22 bits per heavy atom. The summed E-state index contributed by atoms with van der Waals surface area (Å²) >= 11 is 0. The highest BCUT2D eigenvalue weighted by Gasteiger charge is 2.02. The first kappa shape index (κ1) is 11.0. The molecule has 18 heavy (non-hydrogen) atoms. The third kappa shape index (κ3) is 2.00. The molecule has 0 saturated carbocycles. The zero-order valence-electron chi connectivity index (χ0n) is 10.6. The fourth-order valence-electron chi connectivity index (χ4n) is 2.22. The van der Waals surface area contributed by atoms with Crippen LogP contribution in [0.15, 0.2) is 30.3 Å². The van der Waals surface area contributed by atoms with E-state index in [-0.39, 0.29) is 0 Å². The first-order valence-electron chi connectivity index (χ1n) is 6.17. The average Bonchev–Trinajstić information content (AvgIpc) is 2.40. The van der Waals surface area contributed by atoms with Gasteiger partial charge in [-0.15, -0.1) is 0 Å². The number of benzene rings is 1. The highest BCUT2D eigenvalue weighted by molar-refractivity contribution is 5.76. The van der Waals surface area contributed by atoms with Crippen molar-refractivity contribution in [3.8, 4) is 0 Å². The number of pyridine rings is 1. The van der Waals surface area contributed by atoms with Crippen LogP contribution in [0, 0.1) is 13.8 Å². The molecule has 1 heteroatoms. The van der Waals surface area contributed by atoms with Gasteiger partial charge in [0.05, 0.1) is 11.4 Å². The summed E-state index contributed by atoms with van der Waals surface area (Å²) in [6, 6.07) is 10.6. The van der Waals surface area contributed by atoms with Crippen LogP contribution in [-0.4, -0.2) is 4.98 Å². The van der Waals surface area contributed by atoms with Crippen molar-refractivity contribution >= 4 is 24.3 Å². The summed E-state index contributed by atoms with van der Waals surface area (Å²) in [6.07, 6.45) is 8.43. The standard InChI is InChI=1S/C17H15N/c1-12-10-15-7-9-17-5-3-4-16(18-17)8-6-14(12)11-13(15)2/h3-11H,1-2H3/b8-6-,9-7-. The smallest absolute Gasteiger partial charge is 0.0637 e. The lowest BCUT2D eigenvalue weighted by atomic mass is 9.99. The Labute approximate surface area is 108 Å². The predicted octanol–water partition coefficient (Wildman–Crippen LogP) is 4.35. The maximum absolute atomic E-state index is 4.58. The highest BCUT2D eigenvalue weighted by Crippen LogP contribution is 2.21. The lowest BCUT2D eigenvalue weighted by Gasteiger charge is -2.06. The SMILES string of the molecule is Cc1cc2c(C)cc1/C=C\c1cccc(n1)/C=C\2. The first-order valence-corrected chi connectivity index (χ1v) is 6.17. The van der Waals surface area contributed by atoms with Crippen LogP contribution in [-0.2, 0) is 0 Å². The van der Waals surface area contributed by atoms with Crippen LogP contribution in [0.1, 0.15) is 33.6 Å². The molecule has 4 rings (SSSR count). The van der Waals surface area contributed by atoms with Crippen molar-refractivity contribution in [3.63, 3.8) is 0 Å². The molecule has 1 nitrogen and oxygen atoms in total. The minimum atomic E-state index is 0.999. The molecule has 2 aliphatic heterocycles. The minimum absolute atomic E-state index is 0.999. The van der Waals surface area contributed by atoms with E-state index in [4.69, 9.17) is 0 Å². The number of hydrogen-bond donors (Lipinski definition) is 0. The Bertz CT molecular complexity index is 608. The van der Waals surface area contributed by atoms with E-state index in [1.165, 1.54) is 22.3 Å². The van der Waals surface area contributed by atoms with Gasteiger partial charge in [-0.05, 0) is 60.4 Å². The fourth-order valence-corrected chi connectivity index (χ4v) is 2.22. The third-order valence-electron chi connectivity index (χ3n) is 3.31. The molecule has 4 bridgehead atoms. The van der Waals surface area contributed by atoms with Crippen molar-refractivity contribution in [2.75, 3.05) is 0 Å². The van der Waals surface area contributed by atoms with Crippen LogP contribution in [0.25, 0.3) is 24.3 Å². The van der Waals surface area contributed by atoms with Crippen molar-refractivity contribution in [2.24, 2.45) is 0 Å². The Morgan fingerprint density at radius 1 is 0.722 bits per heavy atom. The van der Waals surface area contributed by atoms with Gasteiger partial charge in [-0.3, -0.25) is 0 Å². The van der Waals surface area contributed by atoms with Crippen LogP contribution < -0.4 is 0 Å². The van der Waals surface area contributed by atoms with E-state index in [0.717, 1.165) is 11.4 Å². The molecular weight excluding hydrogens is 218 g/mol. The van der Waals surface area contributed by atoms with Crippen LogP contribution in [0.5, 0.6) is 0 Å². The number of nitrogens with zero attached hydrogens (tertiary/aromatic N) is 1. The molecule has 0 spiro atoms. The van der Waals surface area contributed by atoms with Gasteiger partial charge in [0.15, 0.2) is 0 Å². The molecule has 0 amide bonds. The Hall–Kier alpha value is -2.15. The quantitative estimate of drug-likeness (QED) is 0.562. The Morgan fingerprint density at radius 3 is 1.72 bits per heavy atom. The molecule has 1 aromatic heterocycles. The van der Waals surface area contributed by atoms with Gasteiger partial charge in [-0.1, -0.05) is 30.4 Å². The molecule has 0 atom stereocenters. The van der Waals surface area contributed by atoms with Gasteiger partial charge >= 0.3 is 0 Å². The van der Waals surface area contributed by atoms with E-state index in [0.29, 0.717) is 0 Å². The van der Waals surface area contributed by atoms with Crippen LogP contribution in [0.3, 0.4) is 0 Å². The molecular formula is C17H15N. The molecule has 88 valence electrons. The van der Waals surface area contributed by atoms with Crippen molar-refractivity contribution in [1.82, 2.24) is 4.98 Å². The maximum Gasteiger partial charge on any atom is 0.0637 e. The van der Waals surface area contributed by atoms with Gasteiger partial charge in [-0.25, -0.2) is 4.98 Å². The van der Waals surface area contributed by atoms with Crippen LogP contribution in [0.2, 0.25) is 0 Å². The molecule has 2 aromatic rings. The summed E-state index contributed by atoms with van der Waals surface area (Å²) in [5.41, 5.74) is 7.12. The molecule has 0 fully saturated rings. The number of aromatic nitrogens is 1. The minimum Gasteiger partial charge on any atom is -0.249 e. The number of rotatable bonds is 0. The third-order valence-corrected chi connectivity index (χ3v) is 3.31. The van der Waals surface area contributed by atoms with E-state index in [1.54, 1.807) is 0 Å². The molecule has 1 aromatic carbocycles. The lowest BCUT2D eigenvalue weighted by molar-refractivity contribution is 1.27. The summed E-state index contributed by atoms with van der Waals surface area (Å²) < 4.78 is 0. The zero-order valence-corrected chi connectivity index (χ0v) is 10.6. The van der Waals surface area contributed by atoms with Crippen LogP contribution >= 0.6 is 0 Å². The summed E-state index contributed by atoms with van der Waals surface area (Å²) in [7, 11) is 0. The van der Waals surface area contributed by atoms with E-state index in [1.807, 2.05) is 18.2 Å². The van der Waals surface area contributed by atoms with E-state index >= 15 is 0 Å². The number of aryl methyl sites for hydroxylation is 2. The Balaban J connectivity index is 2.27. The van der Waals surface area contributed by atoms with Gasteiger partial charge < -0.3 is 0 Å². The summed E-state index contributed by atoms with van der Waals surface area (Å²) in [5, 5.41) is 0. The topological polar surface area (TPSA) is 12.9 Å². The van der Waals surface area contributed by atoms with Crippen molar-refractivity contribution in [3.05, 3.63) is 64.0 Å². The average molecular weight is 233 g/mol. The summed E-state index contributed by atoms with van der Waals surface area (Å²) in [6.45, 7) is 4.30. The zero-order chi connectivity index (χ0) is 12.5. The Kier molecular flexibility index (Phi) is 2.60. The molecule has 0 aliphatic carbocycles. The van der Waals surface area contributed by atoms with Gasteiger partial charge in [0.1, 0.15) is 0 Å². The van der Waals surface area contributed by atoms with E-state index < -0.39 is 0 Å². The summed E-state index contributed by atoms with van der Waals surface area (Å²) in [5.74, 6) is 0. The second-order valence-electron chi connectivity index (χ2n) is 4.72. The molecule has 2 aliphatic rings. The molecule has 0 radical (unpaired) electrons. The second-order valence-corrected chi connectivity index (χ2v) is 4.72. The number of hydrogen-bond acceptors (Lipinski definition) is 1. The molecule has 0 N–H and O–H groups in total. The predicted molar refractivity (Wildman–Crippen MR) is 78.0 cm³/mol. The summed E-state index contributed by atoms with van der Waals surface area (Å²) in [4.78, 5) is 4.58. The van der Waals surface area contributed by atoms with Crippen molar-refractivity contribution in [2.45, 2.75) is 13.8 Å². The fraction of sp³-hybridized carbons (Fsp3) is 0.118. The largest absolute Gasteiger partial charge is 0.249 e. The first-order chi connectivity index (χ1) is 8.72. The molecule has 0 unspecified atom stereocenters. The van der Waals surface area contributed by atoms with Crippen molar-refractivity contribution < 1.29 is 0 Å². The number of fused-ring (bicyclic) bond motifs is 2. The second kappa shape index (κ2) is 4.26. The van der Waals surface area contributed by atoms with Gasteiger partial charge in [0.25, 0.3) is 0 Å². The maximum atomic E-state index is 4.58. The normalized spacial score (nSPS) is 16.1. The highest BCUT2D eigenvalue weighted by atomic mass is 14.7. The lowest BCUT2D eigenvalue weighted by Crippen LogP contribution is -1.87. The monoisotopic (exact) mass is 233 g/mol. The van der Waals surface area contributed by atoms with Crippen LogP contribution in [0.4, 0.5) is 0 Å².